The molecule has 3 aromatic rings. The van der Waals surface area contributed by atoms with Gasteiger partial charge in [0.05, 0.1) is 19.2 Å². The SMILES string of the molecule is CCNc1nc2cc(OC)ccc2cc1Cn1cccn1. The number of methoxy groups -OCH3 is 1. The van der Waals surface area contributed by atoms with E-state index in [1.165, 1.54) is 0 Å². The lowest BCUT2D eigenvalue weighted by molar-refractivity contribution is 0.415. The minimum absolute atomic E-state index is 0.699. The van der Waals surface area contributed by atoms with Crippen molar-refractivity contribution in [2.24, 2.45) is 0 Å². The topological polar surface area (TPSA) is 52.0 Å². The summed E-state index contributed by atoms with van der Waals surface area (Å²) in [6.07, 6.45) is 3.74. The zero-order valence-electron chi connectivity index (χ0n) is 12.2. The van der Waals surface area contributed by atoms with Crippen LogP contribution in [0.25, 0.3) is 10.9 Å². The molecule has 0 aliphatic carbocycles. The first-order valence-corrected chi connectivity index (χ1v) is 6.99. The van der Waals surface area contributed by atoms with Crippen molar-refractivity contribution in [3.05, 3.63) is 48.3 Å². The zero-order valence-corrected chi connectivity index (χ0v) is 12.2. The highest BCUT2D eigenvalue weighted by molar-refractivity contribution is 5.83. The van der Waals surface area contributed by atoms with E-state index >= 15 is 0 Å². The number of rotatable bonds is 5. The number of hydrogen-bond donors (Lipinski definition) is 1. The van der Waals surface area contributed by atoms with Crippen LogP contribution in [-0.2, 0) is 6.54 Å². The van der Waals surface area contributed by atoms with E-state index < -0.39 is 0 Å². The average Bonchev–Trinajstić information content (AvgIpc) is 3.00. The third-order valence-corrected chi connectivity index (χ3v) is 3.34. The van der Waals surface area contributed by atoms with Crippen LogP contribution in [0.15, 0.2) is 42.7 Å². The van der Waals surface area contributed by atoms with E-state index in [0.29, 0.717) is 6.54 Å². The largest absolute Gasteiger partial charge is 0.497 e. The molecule has 0 spiro atoms. The van der Waals surface area contributed by atoms with Crippen LogP contribution in [0.2, 0.25) is 0 Å². The quantitative estimate of drug-likeness (QED) is 0.781. The molecule has 0 radical (unpaired) electrons. The van der Waals surface area contributed by atoms with Crippen LogP contribution in [0, 0.1) is 0 Å². The highest BCUT2D eigenvalue weighted by Crippen LogP contribution is 2.24. The number of nitrogens with zero attached hydrogens (tertiary/aromatic N) is 3. The number of aromatic nitrogens is 3. The predicted molar refractivity (Wildman–Crippen MR) is 83.8 cm³/mol. The minimum Gasteiger partial charge on any atom is -0.497 e. The highest BCUT2D eigenvalue weighted by atomic mass is 16.5. The van der Waals surface area contributed by atoms with Gasteiger partial charge in [-0.05, 0) is 31.2 Å². The van der Waals surface area contributed by atoms with Gasteiger partial charge < -0.3 is 10.1 Å². The summed E-state index contributed by atoms with van der Waals surface area (Å²) in [7, 11) is 1.67. The van der Waals surface area contributed by atoms with Gasteiger partial charge in [-0.3, -0.25) is 4.68 Å². The summed E-state index contributed by atoms with van der Waals surface area (Å²) in [5, 5.41) is 8.68. The Hall–Kier alpha value is -2.56. The molecule has 0 fully saturated rings. The van der Waals surface area contributed by atoms with Crippen LogP contribution in [0.4, 0.5) is 5.82 Å². The van der Waals surface area contributed by atoms with Crippen molar-refractivity contribution in [1.29, 1.82) is 0 Å². The monoisotopic (exact) mass is 282 g/mol. The first kappa shape index (κ1) is 13.4. The van der Waals surface area contributed by atoms with E-state index in [-0.39, 0.29) is 0 Å². The molecule has 0 saturated heterocycles. The Balaban J connectivity index is 2.06. The molecule has 0 aliphatic heterocycles. The Kier molecular flexibility index (Phi) is 3.73. The molecule has 0 saturated carbocycles. The lowest BCUT2D eigenvalue weighted by atomic mass is 10.1. The van der Waals surface area contributed by atoms with Crippen molar-refractivity contribution >= 4 is 16.7 Å². The second-order valence-electron chi connectivity index (χ2n) is 4.79. The molecule has 0 unspecified atom stereocenters. The second-order valence-corrected chi connectivity index (χ2v) is 4.79. The van der Waals surface area contributed by atoms with Gasteiger partial charge in [0.1, 0.15) is 11.6 Å². The number of fused-ring (bicyclic) bond motifs is 1. The highest BCUT2D eigenvalue weighted by Gasteiger charge is 2.08. The van der Waals surface area contributed by atoms with Gasteiger partial charge in [-0.1, -0.05) is 0 Å². The summed E-state index contributed by atoms with van der Waals surface area (Å²) >= 11 is 0. The molecular formula is C16H18N4O. The molecule has 1 N–H and O–H groups in total. The average molecular weight is 282 g/mol. The van der Waals surface area contributed by atoms with Crippen molar-refractivity contribution in [2.75, 3.05) is 19.0 Å². The summed E-state index contributed by atoms with van der Waals surface area (Å²) in [4.78, 5) is 4.72. The van der Waals surface area contributed by atoms with Crippen LogP contribution in [-0.4, -0.2) is 28.4 Å². The van der Waals surface area contributed by atoms with Gasteiger partial charge in [0.2, 0.25) is 0 Å². The molecule has 2 aromatic heterocycles. The summed E-state index contributed by atoms with van der Waals surface area (Å²) in [6, 6.07) is 10.0. The van der Waals surface area contributed by atoms with Gasteiger partial charge in [-0.15, -0.1) is 0 Å². The van der Waals surface area contributed by atoms with Crippen molar-refractivity contribution in [1.82, 2.24) is 14.8 Å². The Bertz CT molecular complexity index is 737. The fourth-order valence-corrected chi connectivity index (χ4v) is 2.33. The number of hydrogen-bond acceptors (Lipinski definition) is 4. The molecule has 0 bridgehead atoms. The first-order chi connectivity index (χ1) is 10.3. The summed E-state index contributed by atoms with van der Waals surface area (Å²) in [5.74, 6) is 1.71. The lowest BCUT2D eigenvalue weighted by Gasteiger charge is -2.12. The maximum absolute atomic E-state index is 5.26. The number of pyridine rings is 1. The maximum Gasteiger partial charge on any atom is 0.131 e. The van der Waals surface area contributed by atoms with Crippen molar-refractivity contribution in [3.8, 4) is 5.75 Å². The van der Waals surface area contributed by atoms with Gasteiger partial charge in [-0.2, -0.15) is 5.10 Å². The van der Waals surface area contributed by atoms with Crippen LogP contribution in [0.1, 0.15) is 12.5 Å². The van der Waals surface area contributed by atoms with Gasteiger partial charge >= 0.3 is 0 Å². The lowest BCUT2D eigenvalue weighted by Crippen LogP contribution is -2.08. The third kappa shape index (κ3) is 2.81. The van der Waals surface area contributed by atoms with Crippen LogP contribution >= 0.6 is 0 Å². The van der Waals surface area contributed by atoms with Gasteiger partial charge in [0, 0.05) is 36.0 Å². The van der Waals surface area contributed by atoms with Crippen LogP contribution in [0.5, 0.6) is 5.75 Å². The molecule has 1 aromatic carbocycles. The fraction of sp³-hybridized carbons (Fsp3) is 0.250. The van der Waals surface area contributed by atoms with Crippen LogP contribution < -0.4 is 10.1 Å². The fourth-order valence-electron chi connectivity index (χ4n) is 2.33. The molecule has 5 nitrogen and oxygen atoms in total. The molecule has 0 atom stereocenters. The third-order valence-electron chi connectivity index (χ3n) is 3.34. The van der Waals surface area contributed by atoms with Crippen molar-refractivity contribution in [3.63, 3.8) is 0 Å². The molecule has 3 rings (SSSR count). The number of anilines is 1. The molecule has 2 heterocycles. The molecule has 21 heavy (non-hydrogen) atoms. The standard InChI is InChI=1S/C16H18N4O/c1-3-17-16-13(11-20-8-4-7-18-20)9-12-5-6-14(21-2)10-15(12)19-16/h4-10H,3,11H2,1-2H3,(H,17,19). The van der Waals surface area contributed by atoms with E-state index in [0.717, 1.165) is 34.6 Å². The molecule has 0 amide bonds. The summed E-state index contributed by atoms with van der Waals surface area (Å²) < 4.78 is 7.16. The molecular weight excluding hydrogens is 264 g/mol. The predicted octanol–water partition coefficient (Wildman–Crippen LogP) is 2.92. The molecule has 5 heteroatoms. The smallest absolute Gasteiger partial charge is 0.131 e. The van der Waals surface area contributed by atoms with Crippen molar-refractivity contribution < 1.29 is 4.74 Å². The Morgan fingerprint density at radius 1 is 1.29 bits per heavy atom. The van der Waals surface area contributed by atoms with Gasteiger partial charge in [0.15, 0.2) is 0 Å². The van der Waals surface area contributed by atoms with E-state index in [1.54, 1.807) is 13.3 Å². The van der Waals surface area contributed by atoms with E-state index in [2.05, 4.69) is 23.4 Å². The maximum atomic E-state index is 5.26. The minimum atomic E-state index is 0.699. The zero-order chi connectivity index (χ0) is 14.7. The van der Waals surface area contributed by atoms with E-state index in [1.807, 2.05) is 35.1 Å². The van der Waals surface area contributed by atoms with Gasteiger partial charge in [0.25, 0.3) is 0 Å². The Morgan fingerprint density at radius 3 is 2.90 bits per heavy atom. The number of benzene rings is 1. The second kappa shape index (κ2) is 5.83. The van der Waals surface area contributed by atoms with Gasteiger partial charge in [-0.25, -0.2) is 4.98 Å². The van der Waals surface area contributed by atoms with E-state index in [9.17, 15) is 0 Å². The number of ether oxygens (including phenoxy) is 1. The Labute approximate surface area is 123 Å². The molecule has 0 aliphatic rings. The van der Waals surface area contributed by atoms with E-state index in [4.69, 9.17) is 9.72 Å². The summed E-state index contributed by atoms with van der Waals surface area (Å²) in [6.45, 7) is 3.59. The molecule has 108 valence electrons. The normalized spacial score (nSPS) is 10.8. The summed E-state index contributed by atoms with van der Waals surface area (Å²) in [5.41, 5.74) is 2.05. The first-order valence-electron chi connectivity index (χ1n) is 6.99. The Morgan fingerprint density at radius 2 is 2.19 bits per heavy atom. The number of nitrogens with one attached hydrogen (secondary N) is 1. The van der Waals surface area contributed by atoms with Crippen molar-refractivity contribution in [2.45, 2.75) is 13.5 Å². The van der Waals surface area contributed by atoms with Crippen LogP contribution in [0.3, 0.4) is 0 Å².